The number of tetrazole rings is 1. The first-order valence-electron chi connectivity index (χ1n) is 9.17. The van der Waals surface area contributed by atoms with Gasteiger partial charge in [-0.15, -0.1) is 10.2 Å². The van der Waals surface area contributed by atoms with Crippen LogP contribution in [0.1, 0.15) is 31.2 Å². The van der Waals surface area contributed by atoms with Crippen LogP contribution in [0.5, 0.6) is 0 Å². The van der Waals surface area contributed by atoms with Gasteiger partial charge in [-0.05, 0) is 41.5 Å². The van der Waals surface area contributed by atoms with Crippen LogP contribution >= 0.6 is 0 Å². The van der Waals surface area contributed by atoms with Gasteiger partial charge in [0.2, 0.25) is 0 Å². The average molecular weight is 377 g/mol. The summed E-state index contributed by atoms with van der Waals surface area (Å²) in [5.74, 6) is 0.558. The molecule has 1 unspecified atom stereocenters. The Morgan fingerprint density at radius 1 is 1.11 bits per heavy atom. The van der Waals surface area contributed by atoms with Crippen molar-refractivity contribution in [3.63, 3.8) is 0 Å². The van der Waals surface area contributed by atoms with Crippen molar-refractivity contribution in [3.05, 3.63) is 76.1 Å². The average Bonchev–Trinajstić information content (AvgIpc) is 3.21. The second-order valence-corrected chi connectivity index (χ2v) is 7.23. The molecule has 28 heavy (non-hydrogen) atoms. The molecule has 0 bridgehead atoms. The standard InChI is InChI=1S/C21H20FN5O/c1-12(2)16(20-24-26-27-25-20)11-15-8-9-19(23-21(15)28)14-7-6-13-4-3-5-18(22)17(13)10-14/h3-10,12,16H,11H2,1-2H3,(H,23,28)(H,24,25,26,27). The van der Waals surface area contributed by atoms with E-state index in [1.54, 1.807) is 12.1 Å². The van der Waals surface area contributed by atoms with Crippen molar-refractivity contribution in [3.8, 4) is 11.3 Å². The number of halogens is 1. The van der Waals surface area contributed by atoms with Gasteiger partial charge in [-0.25, -0.2) is 4.39 Å². The Labute approximate surface area is 160 Å². The molecular weight excluding hydrogens is 357 g/mol. The SMILES string of the molecule is CC(C)C(Cc1ccc(-c2ccc3cccc(F)c3c2)[nH]c1=O)c1nn[nH]n1. The molecule has 0 fully saturated rings. The number of hydrogen-bond donors (Lipinski definition) is 2. The molecule has 2 N–H and O–H groups in total. The molecule has 1 atom stereocenters. The lowest BCUT2D eigenvalue weighted by molar-refractivity contribution is 0.471. The summed E-state index contributed by atoms with van der Waals surface area (Å²) >= 11 is 0. The number of benzene rings is 2. The van der Waals surface area contributed by atoms with Gasteiger partial charge in [-0.3, -0.25) is 4.79 Å². The fraction of sp³-hybridized carbons (Fsp3) is 0.238. The smallest absolute Gasteiger partial charge is 0.251 e. The zero-order valence-corrected chi connectivity index (χ0v) is 15.6. The third-order valence-electron chi connectivity index (χ3n) is 5.07. The molecule has 2 heterocycles. The van der Waals surface area contributed by atoms with E-state index >= 15 is 0 Å². The van der Waals surface area contributed by atoms with Gasteiger partial charge in [0.15, 0.2) is 5.82 Å². The Morgan fingerprint density at radius 2 is 1.96 bits per heavy atom. The highest BCUT2D eigenvalue weighted by molar-refractivity contribution is 5.87. The number of rotatable bonds is 5. The lowest BCUT2D eigenvalue weighted by Gasteiger charge is -2.16. The summed E-state index contributed by atoms with van der Waals surface area (Å²) in [6.07, 6.45) is 0.513. The Balaban J connectivity index is 1.66. The highest BCUT2D eigenvalue weighted by atomic mass is 19.1. The van der Waals surface area contributed by atoms with E-state index in [1.807, 2.05) is 30.3 Å². The zero-order valence-electron chi connectivity index (χ0n) is 15.6. The van der Waals surface area contributed by atoms with E-state index in [9.17, 15) is 9.18 Å². The molecule has 0 aliphatic rings. The van der Waals surface area contributed by atoms with Crippen molar-refractivity contribution in [2.24, 2.45) is 5.92 Å². The van der Waals surface area contributed by atoms with E-state index in [0.29, 0.717) is 28.9 Å². The van der Waals surface area contributed by atoms with Gasteiger partial charge in [0, 0.05) is 22.6 Å². The predicted octanol–water partition coefficient (Wildman–Crippen LogP) is 3.83. The lowest BCUT2D eigenvalue weighted by atomic mass is 9.89. The number of aromatic nitrogens is 5. The first-order chi connectivity index (χ1) is 13.5. The minimum Gasteiger partial charge on any atom is -0.322 e. The molecule has 0 saturated carbocycles. The number of nitrogens with zero attached hydrogens (tertiary/aromatic N) is 3. The normalized spacial score (nSPS) is 12.6. The summed E-state index contributed by atoms with van der Waals surface area (Å²) in [5.41, 5.74) is 1.90. The number of aromatic amines is 2. The number of H-pyrrole nitrogens is 2. The summed E-state index contributed by atoms with van der Waals surface area (Å²) in [4.78, 5) is 15.6. The molecule has 4 aromatic rings. The second kappa shape index (κ2) is 7.34. The highest BCUT2D eigenvalue weighted by Crippen LogP contribution is 2.26. The maximum absolute atomic E-state index is 14.1. The maximum atomic E-state index is 14.1. The summed E-state index contributed by atoms with van der Waals surface area (Å²) < 4.78 is 14.1. The minimum atomic E-state index is -0.279. The maximum Gasteiger partial charge on any atom is 0.251 e. The molecule has 2 aromatic heterocycles. The first kappa shape index (κ1) is 18.0. The van der Waals surface area contributed by atoms with Crippen molar-refractivity contribution < 1.29 is 4.39 Å². The number of hydrogen-bond acceptors (Lipinski definition) is 4. The fourth-order valence-corrected chi connectivity index (χ4v) is 3.42. The van der Waals surface area contributed by atoms with Crippen LogP contribution in [0.2, 0.25) is 0 Å². The lowest BCUT2D eigenvalue weighted by Crippen LogP contribution is -2.19. The molecule has 2 aromatic carbocycles. The van der Waals surface area contributed by atoms with E-state index in [2.05, 4.69) is 39.5 Å². The van der Waals surface area contributed by atoms with Crippen molar-refractivity contribution in [2.45, 2.75) is 26.2 Å². The fourth-order valence-electron chi connectivity index (χ4n) is 3.42. The molecule has 0 radical (unpaired) electrons. The molecule has 0 amide bonds. The van der Waals surface area contributed by atoms with Crippen molar-refractivity contribution >= 4 is 10.8 Å². The van der Waals surface area contributed by atoms with E-state index in [0.717, 1.165) is 10.9 Å². The summed E-state index contributed by atoms with van der Waals surface area (Å²) in [6.45, 7) is 4.13. The van der Waals surface area contributed by atoms with Crippen molar-refractivity contribution in [2.75, 3.05) is 0 Å². The van der Waals surface area contributed by atoms with Gasteiger partial charge in [0.1, 0.15) is 5.82 Å². The van der Waals surface area contributed by atoms with Crippen LogP contribution in [0.3, 0.4) is 0 Å². The Hall–Kier alpha value is -3.35. The van der Waals surface area contributed by atoms with Crippen LogP contribution in [0, 0.1) is 11.7 Å². The Bertz CT molecular complexity index is 1170. The predicted molar refractivity (Wildman–Crippen MR) is 105 cm³/mol. The Kier molecular flexibility index (Phi) is 4.73. The molecule has 6 nitrogen and oxygen atoms in total. The van der Waals surface area contributed by atoms with Gasteiger partial charge in [0.05, 0.1) is 0 Å². The van der Waals surface area contributed by atoms with Crippen LogP contribution in [0.4, 0.5) is 4.39 Å². The highest BCUT2D eigenvalue weighted by Gasteiger charge is 2.22. The second-order valence-electron chi connectivity index (χ2n) is 7.23. The largest absolute Gasteiger partial charge is 0.322 e. The number of fused-ring (bicyclic) bond motifs is 1. The molecule has 4 rings (SSSR count). The van der Waals surface area contributed by atoms with Crippen molar-refractivity contribution in [1.82, 2.24) is 25.6 Å². The third kappa shape index (κ3) is 3.43. The minimum absolute atomic E-state index is 0.0135. The monoisotopic (exact) mass is 377 g/mol. The molecule has 142 valence electrons. The molecule has 0 saturated heterocycles. The Morgan fingerprint density at radius 3 is 2.68 bits per heavy atom. The molecule has 7 heteroatoms. The summed E-state index contributed by atoms with van der Waals surface area (Å²) in [6, 6.07) is 14.1. The van der Waals surface area contributed by atoms with Crippen molar-refractivity contribution in [1.29, 1.82) is 0 Å². The van der Waals surface area contributed by atoms with Crippen LogP contribution in [-0.4, -0.2) is 25.6 Å². The van der Waals surface area contributed by atoms with Crippen LogP contribution in [0.15, 0.2) is 53.3 Å². The first-order valence-corrected chi connectivity index (χ1v) is 9.17. The van der Waals surface area contributed by atoms with E-state index in [-0.39, 0.29) is 23.2 Å². The molecule has 0 aliphatic heterocycles. The molecule has 0 aliphatic carbocycles. The van der Waals surface area contributed by atoms with Gasteiger partial charge < -0.3 is 4.98 Å². The topological polar surface area (TPSA) is 87.3 Å². The number of nitrogens with one attached hydrogen (secondary N) is 2. The van der Waals surface area contributed by atoms with Gasteiger partial charge in [-0.1, -0.05) is 49.4 Å². The number of pyridine rings is 1. The van der Waals surface area contributed by atoms with Crippen LogP contribution in [0.25, 0.3) is 22.0 Å². The van der Waals surface area contributed by atoms with Gasteiger partial charge in [-0.2, -0.15) is 5.21 Å². The summed E-state index contributed by atoms with van der Waals surface area (Å²) in [5, 5.41) is 15.6. The van der Waals surface area contributed by atoms with Gasteiger partial charge in [0.25, 0.3) is 5.56 Å². The summed E-state index contributed by atoms with van der Waals surface area (Å²) in [7, 11) is 0. The molecular formula is C21H20FN5O. The van der Waals surface area contributed by atoms with Crippen LogP contribution < -0.4 is 5.56 Å². The third-order valence-corrected chi connectivity index (χ3v) is 5.07. The quantitative estimate of drug-likeness (QED) is 0.553. The molecule has 0 spiro atoms. The van der Waals surface area contributed by atoms with E-state index < -0.39 is 0 Å². The van der Waals surface area contributed by atoms with E-state index in [4.69, 9.17) is 0 Å². The van der Waals surface area contributed by atoms with Gasteiger partial charge >= 0.3 is 0 Å². The van der Waals surface area contributed by atoms with Crippen LogP contribution in [-0.2, 0) is 6.42 Å². The zero-order chi connectivity index (χ0) is 19.7. The van der Waals surface area contributed by atoms with E-state index in [1.165, 1.54) is 6.07 Å².